The first-order chi connectivity index (χ1) is 15.2. The molecule has 0 bridgehead atoms. The van der Waals surface area contributed by atoms with E-state index >= 15 is 0 Å². The van der Waals surface area contributed by atoms with Gasteiger partial charge in [0.05, 0.1) is 19.0 Å². The van der Waals surface area contributed by atoms with Crippen LogP contribution in [0, 0.1) is 19.7 Å². The highest BCUT2D eigenvalue weighted by Gasteiger charge is 2.40. The minimum atomic E-state index is -0.485. The molecular weight excluding hydrogens is 409 g/mol. The number of hydrogen-bond acceptors (Lipinski definition) is 4. The van der Waals surface area contributed by atoms with Crippen LogP contribution in [0.15, 0.2) is 36.4 Å². The van der Waals surface area contributed by atoms with Gasteiger partial charge >= 0.3 is 0 Å². The standard InChI is InChI=1S/C25H28FN3O3/c1-16-11-21-22(12-17(16)2)25(32)29(20-6-4-5-19(26)13-20)23(21)14-24(31)28-9-7-27(8-10-28)15-18(3)30/h4-6,11-13,23H,7-10,14-15H2,1-3H3. The fourth-order valence-corrected chi connectivity index (χ4v) is 4.60. The number of aryl methyl sites for hydroxylation is 2. The van der Waals surface area contributed by atoms with E-state index in [0.29, 0.717) is 44.0 Å². The number of carbonyl (C=O) groups is 3. The lowest BCUT2D eigenvalue weighted by Crippen LogP contribution is -2.50. The summed E-state index contributed by atoms with van der Waals surface area (Å²) in [7, 11) is 0. The van der Waals surface area contributed by atoms with Crippen LogP contribution in [0.3, 0.4) is 0 Å². The number of Topliss-reactive ketones (excluding diaryl/α,β-unsaturated/α-hetero) is 1. The molecule has 32 heavy (non-hydrogen) atoms. The fraction of sp³-hybridized carbons (Fsp3) is 0.400. The highest BCUT2D eigenvalue weighted by Crippen LogP contribution is 2.41. The van der Waals surface area contributed by atoms with Crippen LogP contribution >= 0.6 is 0 Å². The molecule has 0 spiro atoms. The number of benzene rings is 2. The quantitative estimate of drug-likeness (QED) is 0.721. The van der Waals surface area contributed by atoms with Crippen LogP contribution in [-0.2, 0) is 9.59 Å². The van der Waals surface area contributed by atoms with Gasteiger partial charge in [-0.25, -0.2) is 4.39 Å². The van der Waals surface area contributed by atoms with E-state index in [0.717, 1.165) is 16.7 Å². The number of halogens is 1. The third kappa shape index (κ3) is 4.30. The summed E-state index contributed by atoms with van der Waals surface area (Å²) in [5.41, 5.74) is 3.88. The van der Waals surface area contributed by atoms with Crippen LogP contribution in [0.1, 0.15) is 46.4 Å². The summed E-state index contributed by atoms with van der Waals surface area (Å²) in [5.74, 6) is -0.567. The molecule has 1 saturated heterocycles. The molecule has 0 N–H and O–H groups in total. The number of hydrogen-bond donors (Lipinski definition) is 0. The summed E-state index contributed by atoms with van der Waals surface area (Å²) in [6.45, 7) is 8.30. The molecule has 2 aromatic carbocycles. The van der Waals surface area contributed by atoms with Crippen LogP contribution in [0.4, 0.5) is 10.1 Å². The van der Waals surface area contributed by atoms with E-state index in [4.69, 9.17) is 0 Å². The average Bonchev–Trinajstić information content (AvgIpc) is 2.99. The molecule has 0 radical (unpaired) electrons. The number of amides is 2. The zero-order valence-electron chi connectivity index (χ0n) is 18.7. The number of piperazine rings is 1. The second-order valence-corrected chi connectivity index (χ2v) is 8.76. The third-order valence-electron chi connectivity index (χ3n) is 6.41. The Morgan fingerprint density at radius 2 is 1.72 bits per heavy atom. The molecule has 7 heteroatoms. The molecular formula is C25H28FN3O3. The van der Waals surface area contributed by atoms with Crippen molar-refractivity contribution in [3.8, 4) is 0 Å². The molecule has 2 amide bonds. The largest absolute Gasteiger partial charge is 0.340 e. The number of nitrogens with zero attached hydrogens (tertiary/aromatic N) is 3. The number of ketones is 1. The predicted molar refractivity (Wildman–Crippen MR) is 120 cm³/mol. The SMILES string of the molecule is CC(=O)CN1CCN(C(=O)CC2c3cc(C)c(C)cc3C(=O)N2c2cccc(F)c2)CC1. The second kappa shape index (κ2) is 8.82. The van der Waals surface area contributed by atoms with E-state index < -0.39 is 11.9 Å². The van der Waals surface area contributed by atoms with Crippen LogP contribution < -0.4 is 4.90 Å². The van der Waals surface area contributed by atoms with Crippen LogP contribution in [0.25, 0.3) is 0 Å². The molecule has 2 aliphatic heterocycles. The highest BCUT2D eigenvalue weighted by atomic mass is 19.1. The maximum atomic E-state index is 14.0. The normalized spacial score (nSPS) is 18.8. The van der Waals surface area contributed by atoms with E-state index in [1.165, 1.54) is 12.1 Å². The van der Waals surface area contributed by atoms with Gasteiger partial charge in [-0.05, 0) is 61.7 Å². The molecule has 6 nitrogen and oxygen atoms in total. The van der Waals surface area contributed by atoms with Crippen molar-refractivity contribution < 1.29 is 18.8 Å². The predicted octanol–water partition coefficient (Wildman–Crippen LogP) is 3.27. The number of rotatable bonds is 5. The molecule has 0 aromatic heterocycles. The first kappa shape index (κ1) is 22.1. The first-order valence-corrected chi connectivity index (χ1v) is 10.9. The Bertz CT molecular complexity index is 1080. The Hall–Kier alpha value is -3.06. The minimum Gasteiger partial charge on any atom is -0.340 e. The number of anilines is 1. The molecule has 2 aromatic rings. The van der Waals surface area contributed by atoms with Crippen molar-refractivity contribution in [3.05, 3.63) is 64.5 Å². The van der Waals surface area contributed by atoms with Gasteiger partial charge in [-0.1, -0.05) is 12.1 Å². The lowest BCUT2D eigenvalue weighted by atomic mass is 9.96. The zero-order valence-corrected chi connectivity index (χ0v) is 18.7. The molecule has 0 saturated carbocycles. The summed E-state index contributed by atoms with van der Waals surface area (Å²) in [4.78, 5) is 43.3. The summed E-state index contributed by atoms with van der Waals surface area (Å²) < 4.78 is 14.0. The van der Waals surface area contributed by atoms with Gasteiger partial charge in [-0.15, -0.1) is 0 Å². The third-order valence-corrected chi connectivity index (χ3v) is 6.41. The number of fused-ring (bicyclic) bond motifs is 1. The molecule has 1 atom stereocenters. The van der Waals surface area contributed by atoms with Gasteiger partial charge < -0.3 is 9.80 Å². The van der Waals surface area contributed by atoms with Gasteiger partial charge in [0, 0.05) is 37.4 Å². The van der Waals surface area contributed by atoms with Crippen molar-refractivity contribution in [2.75, 3.05) is 37.6 Å². The van der Waals surface area contributed by atoms with Gasteiger partial charge in [0.25, 0.3) is 5.91 Å². The van der Waals surface area contributed by atoms with Gasteiger partial charge in [0.1, 0.15) is 11.6 Å². The minimum absolute atomic E-state index is 0.0437. The second-order valence-electron chi connectivity index (χ2n) is 8.76. The lowest BCUT2D eigenvalue weighted by molar-refractivity contribution is -0.133. The Kier molecular flexibility index (Phi) is 6.11. The maximum absolute atomic E-state index is 14.0. The van der Waals surface area contributed by atoms with Gasteiger partial charge in [0.15, 0.2) is 0 Å². The van der Waals surface area contributed by atoms with Crippen LogP contribution in [0.5, 0.6) is 0 Å². The van der Waals surface area contributed by atoms with Crippen molar-refractivity contribution in [2.45, 2.75) is 33.2 Å². The van der Waals surface area contributed by atoms with Gasteiger partial charge in [-0.2, -0.15) is 0 Å². The Morgan fingerprint density at radius 1 is 1.03 bits per heavy atom. The molecule has 1 fully saturated rings. The smallest absolute Gasteiger partial charge is 0.259 e. The van der Waals surface area contributed by atoms with Crippen molar-refractivity contribution >= 4 is 23.3 Å². The van der Waals surface area contributed by atoms with Crippen molar-refractivity contribution in [3.63, 3.8) is 0 Å². The van der Waals surface area contributed by atoms with Crippen LogP contribution in [-0.4, -0.2) is 60.1 Å². The van der Waals surface area contributed by atoms with Gasteiger partial charge in [0.2, 0.25) is 5.91 Å². The molecule has 1 unspecified atom stereocenters. The van der Waals surface area contributed by atoms with Crippen molar-refractivity contribution in [1.82, 2.24) is 9.80 Å². The summed E-state index contributed by atoms with van der Waals surface area (Å²) in [6.07, 6.45) is 0.129. The molecule has 168 valence electrons. The summed E-state index contributed by atoms with van der Waals surface area (Å²) in [6, 6.07) is 9.30. The van der Waals surface area contributed by atoms with E-state index in [1.54, 1.807) is 28.9 Å². The van der Waals surface area contributed by atoms with E-state index in [2.05, 4.69) is 0 Å². The summed E-state index contributed by atoms with van der Waals surface area (Å²) >= 11 is 0. The molecule has 0 aliphatic carbocycles. The average molecular weight is 438 g/mol. The Labute approximate surface area is 187 Å². The van der Waals surface area contributed by atoms with Crippen molar-refractivity contribution in [2.24, 2.45) is 0 Å². The zero-order chi connectivity index (χ0) is 23.0. The monoisotopic (exact) mass is 437 g/mol. The fourth-order valence-electron chi connectivity index (χ4n) is 4.60. The molecule has 2 heterocycles. The molecule has 4 rings (SSSR count). The highest BCUT2D eigenvalue weighted by molar-refractivity contribution is 6.11. The van der Waals surface area contributed by atoms with Gasteiger partial charge in [-0.3, -0.25) is 19.3 Å². The van der Waals surface area contributed by atoms with E-state index in [1.807, 2.05) is 30.9 Å². The van der Waals surface area contributed by atoms with E-state index in [9.17, 15) is 18.8 Å². The Morgan fingerprint density at radius 3 is 2.38 bits per heavy atom. The molecule has 2 aliphatic rings. The number of carbonyl (C=O) groups excluding carboxylic acids is 3. The van der Waals surface area contributed by atoms with E-state index in [-0.39, 0.29) is 24.0 Å². The lowest BCUT2D eigenvalue weighted by Gasteiger charge is -2.35. The topological polar surface area (TPSA) is 60.9 Å². The Balaban J connectivity index is 1.60. The van der Waals surface area contributed by atoms with Crippen LogP contribution in [0.2, 0.25) is 0 Å². The summed E-state index contributed by atoms with van der Waals surface area (Å²) in [5, 5.41) is 0. The first-order valence-electron chi connectivity index (χ1n) is 10.9. The van der Waals surface area contributed by atoms with Crippen molar-refractivity contribution in [1.29, 1.82) is 0 Å². The maximum Gasteiger partial charge on any atom is 0.259 e.